The van der Waals surface area contributed by atoms with Gasteiger partial charge in [-0.1, -0.05) is 34.1 Å². The minimum Gasteiger partial charge on any atom is -0.454 e. The molecule has 0 saturated heterocycles. The molecular formula is C12H11BrO3. The summed E-state index contributed by atoms with van der Waals surface area (Å²) in [5.41, 5.74) is 0.525. The Balaban J connectivity index is 2.53. The molecule has 3 nitrogen and oxygen atoms in total. The lowest BCUT2D eigenvalue weighted by Crippen LogP contribution is -2.12. The van der Waals surface area contributed by atoms with E-state index in [0.717, 1.165) is 4.47 Å². The smallest absolute Gasteiger partial charge is 0.330 e. The summed E-state index contributed by atoms with van der Waals surface area (Å²) in [6, 6.07) is 6.88. The summed E-state index contributed by atoms with van der Waals surface area (Å²) >= 11 is 3.27. The standard InChI is InChI=1S/C12H11BrO3/c1-2-3-12(15)16-8-11(14)9-4-6-10(13)7-5-9/h2-7H,8H2,1H3. The maximum Gasteiger partial charge on any atom is 0.330 e. The van der Waals surface area contributed by atoms with Crippen LogP contribution in [0.5, 0.6) is 0 Å². The maximum atomic E-state index is 11.5. The minimum atomic E-state index is -0.507. The van der Waals surface area contributed by atoms with Crippen molar-refractivity contribution < 1.29 is 14.3 Å². The van der Waals surface area contributed by atoms with Crippen LogP contribution in [0.25, 0.3) is 0 Å². The zero-order valence-corrected chi connectivity index (χ0v) is 10.4. The molecular weight excluding hydrogens is 272 g/mol. The zero-order chi connectivity index (χ0) is 12.0. The van der Waals surface area contributed by atoms with E-state index in [1.807, 2.05) is 0 Å². The number of ketones is 1. The van der Waals surface area contributed by atoms with Crippen molar-refractivity contribution in [3.8, 4) is 0 Å². The Kier molecular flexibility index (Phi) is 4.92. The number of rotatable bonds is 4. The number of Topliss-reactive ketones (excluding diaryl/α,β-unsaturated/α-hetero) is 1. The van der Waals surface area contributed by atoms with Crippen LogP contribution >= 0.6 is 15.9 Å². The van der Waals surface area contributed by atoms with E-state index in [9.17, 15) is 9.59 Å². The Morgan fingerprint density at radius 3 is 2.50 bits per heavy atom. The molecule has 0 aliphatic carbocycles. The number of ether oxygens (including phenoxy) is 1. The molecule has 84 valence electrons. The average Bonchev–Trinajstić information content (AvgIpc) is 2.27. The van der Waals surface area contributed by atoms with E-state index in [4.69, 9.17) is 4.74 Å². The Morgan fingerprint density at radius 2 is 1.94 bits per heavy atom. The van der Waals surface area contributed by atoms with Crippen LogP contribution in [0.4, 0.5) is 0 Å². The molecule has 0 radical (unpaired) electrons. The highest BCUT2D eigenvalue weighted by atomic mass is 79.9. The largest absolute Gasteiger partial charge is 0.454 e. The van der Waals surface area contributed by atoms with Crippen molar-refractivity contribution in [2.75, 3.05) is 6.61 Å². The lowest BCUT2D eigenvalue weighted by Gasteiger charge is -2.01. The Morgan fingerprint density at radius 1 is 1.31 bits per heavy atom. The van der Waals surface area contributed by atoms with Crippen LogP contribution in [-0.4, -0.2) is 18.4 Å². The number of hydrogen-bond acceptors (Lipinski definition) is 3. The topological polar surface area (TPSA) is 43.4 Å². The molecule has 0 aromatic heterocycles. The zero-order valence-electron chi connectivity index (χ0n) is 8.77. The summed E-state index contributed by atoms with van der Waals surface area (Å²) < 4.78 is 5.64. The SMILES string of the molecule is CC=CC(=O)OCC(=O)c1ccc(Br)cc1. The van der Waals surface area contributed by atoms with E-state index in [0.29, 0.717) is 5.56 Å². The van der Waals surface area contributed by atoms with E-state index in [2.05, 4.69) is 15.9 Å². The van der Waals surface area contributed by atoms with Crippen molar-refractivity contribution in [2.45, 2.75) is 6.92 Å². The lowest BCUT2D eigenvalue weighted by molar-refractivity contribution is -0.136. The van der Waals surface area contributed by atoms with Crippen LogP contribution in [0.1, 0.15) is 17.3 Å². The number of benzene rings is 1. The van der Waals surface area contributed by atoms with Gasteiger partial charge in [0.1, 0.15) is 0 Å². The average molecular weight is 283 g/mol. The molecule has 0 fully saturated rings. The van der Waals surface area contributed by atoms with E-state index < -0.39 is 5.97 Å². The summed E-state index contributed by atoms with van der Waals surface area (Å²) in [5.74, 6) is -0.724. The van der Waals surface area contributed by atoms with E-state index in [-0.39, 0.29) is 12.4 Å². The van der Waals surface area contributed by atoms with Gasteiger partial charge in [0.05, 0.1) is 0 Å². The predicted molar refractivity (Wildman–Crippen MR) is 64.2 cm³/mol. The first kappa shape index (κ1) is 12.6. The van der Waals surface area contributed by atoms with E-state index >= 15 is 0 Å². The van der Waals surface area contributed by atoms with Gasteiger partial charge in [0.15, 0.2) is 12.4 Å². The predicted octanol–water partition coefficient (Wildman–Crippen LogP) is 2.75. The molecule has 0 atom stereocenters. The molecule has 0 aliphatic heterocycles. The number of halogens is 1. The summed E-state index contributed by atoms with van der Waals surface area (Å²) in [6.45, 7) is 1.47. The molecule has 0 bridgehead atoms. The fourth-order valence-electron chi connectivity index (χ4n) is 1.04. The second kappa shape index (κ2) is 6.23. The van der Waals surface area contributed by atoms with Gasteiger partial charge in [0.2, 0.25) is 0 Å². The highest BCUT2D eigenvalue weighted by Gasteiger charge is 2.07. The van der Waals surface area contributed by atoms with Gasteiger partial charge < -0.3 is 4.74 Å². The molecule has 1 rings (SSSR count). The van der Waals surface area contributed by atoms with Crippen molar-refractivity contribution in [3.05, 3.63) is 46.5 Å². The molecule has 0 heterocycles. The number of carbonyl (C=O) groups is 2. The molecule has 0 unspecified atom stereocenters. The van der Waals surface area contributed by atoms with Crippen molar-refractivity contribution in [3.63, 3.8) is 0 Å². The van der Waals surface area contributed by atoms with Gasteiger partial charge in [0, 0.05) is 16.1 Å². The summed E-state index contributed by atoms with van der Waals surface area (Å²) in [7, 11) is 0. The molecule has 0 saturated carbocycles. The summed E-state index contributed by atoms with van der Waals surface area (Å²) in [4.78, 5) is 22.5. The summed E-state index contributed by atoms with van der Waals surface area (Å²) in [6.07, 6.45) is 2.83. The van der Waals surface area contributed by atoms with Crippen molar-refractivity contribution in [1.82, 2.24) is 0 Å². The third-order valence-corrected chi connectivity index (χ3v) is 2.34. The third kappa shape index (κ3) is 3.98. The van der Waals surface area contributed by atoms with E-state index in [1.54, 1.807) is 37.3 Å². The van der Waals surface area contributed by atoms with Gasteiger partial charge in [-0.3, -0.25) is 4.79 Å². The molecule has 1 aromatic carbocycles. The monoisotopic (exact) mass is 282 g/mol. The highest BCUT2D eigenvalue weighted by Crippen LogP contribution is 2.10. The van der Waals surface area contributed by atoms with Crippen LogP contribution in [0.15, 0.2) is 40.9 Å². The Hall–Kier alpha value is -1.42. The molecule has 0 N–H and O–H groups in total. The van der Waals surface area contributed by atoms with Crippen molar-refractivity contribution >= 4 is 27.7 Å². The fourth-order valence-corrected chi connectivity index (χ4v) is 1.30. The number of hydrogen-bond donors (Lipinski definition) is 0. The molecule has 4 heteroatoms. The normalized spacial score (nSPS) is 10.4. The Bertz CT molecular complexity index is 407. The second-order valence-electron chi connectivity index (χ2n) is 3.04. The molecule has 0 aliphatic rings. The first-order chi connectivity index (χ1) is 7.63. The van der Waals surface area contributed by atoms with Gasteiger partial charge in [-0.15, -0.1) is 0 Å². The third-order valence-electron chi connectivity index (χ3n) is 1.81. The Labute approximate surface area is 102 Å². The first-order valence-electron chi connectivity index (χ1n) is 4.71. The molecule has 1 aromatic rings. The highest BCUT2D eigenvalue weighted by molar-refractivity contribution is 9.10. The van der Waals surface area contributed by atoms with Gasteiger partial charge in [-0.05, 0) is 19.1 Å². The second-order valence-corrected chi connectivity index (χ2v) is 3.95. The molecule has 16 heavy (non-hydrogen) atoms. The van der Waals surface area contributed by atoms with Gasteiger partial charge in [-0.2, -0.15) is 0 Å². The first-order valence-corrected chi connectivity index (χ1v) is 5.51. The van der Waals surface area contributed by atoms with Crippen molar-refractivity contribution in [2.24, 2.45) is 0 Å². The van der Waals surface area contributed by atoms with Crippen LogP contribution < -0.4 is 0 Å². The molecule has 0 amide bonds. The summed E-state index contributed by atoms with van der Waals surface area (Å²) in [5, 5.41) is 0. The van der Waals surface area contributed by atoms with Crippen LogP contribution in [-0.2, 0) is 9.53 Å². The quantitative estimate of drug-likeness (QED) is 0.485. The van der Waals surface area contributed by atoms with Crippen molar-refractivity contribution in [1.29, 1.82) is 0 Å². The van der Waals surface area contributed by atoms with Gasteiger partial charge in [0.25, 0.3) is 0 Å². The van der Waals surface area contributed by atoms with Gasteiger partial charge >= 0.3 is 5.97 Å². The maximum absolute atomic E-state index is 11.5. The van der Waals surface area contributed by atoms with Crippen LogP contribution in [0, 0.1) is 0 Å². The minimum absolute atomic E-state index is 0.217. The van der Waals surface area contributed by atoms with Crippen LogP contribution in [0.2, 0.25) is 0 Å². The number of carbonyl (C=O) groups excluding carboxylic acids is 2. The lowest BCUT2D eigenvalue weighted by atomic mass is 10.1. The van der Waals surface area contributed by atoms with Gasteiger partial charge in [-0.25, -0.2) is 4.79 Å². The number of esters is 1. The molecule has 0 spiro atoms. The van der Waals surface area contributed by atoms with Crippen LogP contribution in [0.3, 0.4) is 0 Å². The fraction of sp³-hybridized carbons (Fsp3) is 0.167. The van der Waals surface area contributed by atoms with E-state index in [1.165, 1.54) is 6.08 Å². The number of allylic oxidation sites excluding steroid dienone is 1.